The number of nitrogens with one attached hydrogen (secondary N) is 1. The van der Waals surface area contributed by atoms with Gasteiger partial charge in [0.1, 0.15) is 0 Å². The Kier molecular flexibility index (Phi) is 4.99. The van der Waals surface area contributed by atoms with Crippen molar-refractivity contribution in [3.05, 3.63) is 17.5 Å². The molecule has 2 aliphatic rings. The van der Waals surface area contributed by atoms with Crippen LogP contribution in [0.4, 0.5) is 0 Å². The zero-order valence-electron chi connectivity index (χ0n) is 13.9. The van der Waals surface area contributed by atoms with Crippen LogP contribution in [0, 0.1) is 5.92 Å². The number of hydrogen-bond donors (Lipinski definition) is 2. The Bertz CT molecular complexity index is 552. The van der Waals surface area contributed by atoms with Gasteiger partial charge in [0.15, 0.2) is 0 Å². The number of nitrogens with zero attached hydrogens (tertiary/aromatic N) is 3. The molecular formula is C16H26N4O3. The molecule has 0 aromatic carbocycles. The lowest BCUT2D eigenvalue weighted by atomic mass is 9.90. The Morgan fingerprint density at radius 3 is 2.78 bits per heavy atom. The van der Waals surface area contributed by atoms with Crippen LogP contribution in [0.1, 0.15) is 28.9 Å². The second kappa shape index (κ2) is 6.98. The molecule has 2 fully saturated rings. The van der Waals surface area contributed by atoms with Crippen molar-refractivity contribution in [3.8, 4) is 0 Å². The van der Waals surface area contributed by atoms with E-state index < -0.39 is 0 Å². The zero-order valence-corrected chi connectivity index (χ0v) is 13.9. The van der Waals surface area contributed by atoms with E-state index in [2.05, 4.69) is 15.3 Å². The van der Waals surface area contributed by atoms with Gasteiger partial charge in [-0.1, -0.05) is 0 Å². The minimum atomic E-state index is -0.359. The molecule has 2 N–H and O–H groups in total. The maximum Gasteiger partial charge on any atom is 0.254 e. The van der Waals surface area contributed by atoms with Crippen LogP contribution in [-0.4, -0.2) is 71.2 Å². The standard InChI is InChI=1S/C16H26N4O3/c1-17-16(22)12-8-19(2)18-13(12)7-11-3-5-20(6-4-11)14-9-23-10-15(14)21/h8,11,14-15,21H,3-7,9-10H2,1-2H3,(H,17,22). The summed E-state index contributed by atoms with van der Waals surface area (Å²) in [6, 6.07) is 0.146. The van der Waals surface area contributed by atoms with Gasteiger partial charge in [-0.05, 0) is 38.3 Å². The van der Waals surface area contributed by atoms with Crippen molar-refractivity contribution in [1.82, 2.24) is 20.0 Å². The fraction of sp³-hybridized carbons (Fsp3) is 0.750. The molecule has 0 bridgehead atoms. The van der Waals surface area contributed by atoms with Gasteiger partial charge in [0.05, 0.1) is 36.6 Å². The normalized spacial score (nSPS) is 26.6. The molecule has 1 aromatic rings. The first-order valence-corrected chi connectivity index (χ1v) is 8.33. The third-order valence-corrected chi connectivity index (χ3v) is 5.00. The van der Waals surface area contributed by atoms with E-state index in [0.717, 1.165) is 38.0 Å². The monoisotopic (exact) mass is 322 g/mol. The van der Waals surface area contributed by atoms with Crippen molar-refractivity contribution in [2.24, 2.45) is 13.0 Å². The van der Waals surface area contributed by atoms with E-state index in [1.54, 1.807) is 17.9 Å². The predicted molar refractivity (Wildman–Crippen MR) is 85.2 cm³/mol. The summed E-state index contributed by atoms with van der Waals surface area (Å²) < 4.78 is 7.06. The van der Waals surface area contributed by atoms with E-state index in [0.29, 0.717) is 24.7 Å². The first kappa shape index (κ1) is 16.4. The number of likely N-dealkylation sites (tertiary alicyclic amines) is 1. The number of aromatic nitrogens is 2. The number of hydrogen-bond acceptors (Lipinski definition) is 5. The minimum absolute atomic E-state index is 0.0724. The van der Waals surface area contributed by atoms with Gasteiger partial charge in [-0.15, -0.1) is 0 Å². The number of ether oxygens (including phenoxy) is 1. The lowest BCUT2D eigenvalue weighted by Crippen LogP contribution is -2.47. The van der Waals surface area contributed by atoms with Crippen LogP contribution in [-0.2, 0) is 18.2 Å². The van der Waals surface area contributed by atoms with E-state index in [1.165, 1.54) is 0 Å². The van der Waals surface area contributed by atoms with Crippen molar-refractivity contribution in [3.63, 3.8) is 0 Å². The first-order chi connectivity index (χ1) is 11.1. The molecule has 128 valence electrons. The Hall–Kier alpha value is -1.44. The Morgan fingerprint density at radius 1 is 1.43 bits per heavy atom. The number of carbonyl (C=O) groups excluding carboxylic acids is 1. The number of piperidine rings is 1. The summed E-state index contributed by atoms with van der Waals surface area (Å²) >= 11 is 0. The fourth-order valence-electron chi connectivity index (χ4n) is 3.65. The van der Waals surface area contributed by atoms with Gasteiger partial charge in [-0.25, -0.2) is 0 Å². The number of aliphatic hydroxyl groups excluding tert-OH is 1. The molecule has 0 radical (unpaired) electrons. The van der Waals surface area contributed by atoms with Crippen LogP contribution >= 0.6 is 0 Å². The molecule has 2 saturated heterocycles. The maximum absolute atomic E-state index is 11.9. The smallest absolute Gasteiger partial charge is 0.254 e. The number of aryl methyl sites for hydroxylation is 1. The van der Waals surface area contributed by atoms with Crippen LogP contribution in [0.2, 0.25) is 0 Å². The molecule has 2 aliphatic heterocycles. The average Bonchev–Trinajstić information content (AvgIpc) is 3.13. The summed E-state index contributed by atoms with van der Waals surface area (Å²) in [7, 11) is 3.49. The summed E-state index contributed by atoms with van der Waals surface area (Å²) in [6.45, 7) is 3.02. The fourth-order valence-corrected chi connectivity index (χ4v) is 3.65. The molecule has 2 unspecified atom stereocenters. The lowest BCUT2D eigenvalue weighted by molar-refractivity contribution is 0.0586. The highest BCUT2D eigenvalue weighted by Gasteiger charge is 2.34. The third-order valence-electron chi connectivity index (χ3n) is 5.00. The van der Waals surface area contributed by atoms with Crippen molar-refractivity contribution < 1.29 is 14.6 Å². The highest BCUT2D eigenvalue weighted by atomic mass is 16.5. The van der Waals surface area contributed by atoms with E-state index in [9.17, 15) is 9.90 Å². The van der Waals surface area contributed by atoms with Crippen molar-refractivity contribution >= 4 is 5.91 Å². The number of amides is 1. The Morgan fingerprint density at radius 2 is 2.17 bits per heavy atom. The van der Waals surface area contributed by atoms with Crippen LogP contribution in [0.15, 0.2) is 6.20 Å². The molecular weight excluding hydrogens is 296 g/mol. The average molecular weight is 322 g/mol. The molecule has 3 heterocycles. The molecule has 3 rings (SSSR count). The Labute approximate surface area is 136 Å². The van der Waals surface area contributed by atoms with Crippen LogP contribution in [0.25, 0.3) is 0 Å². The highest BCUT2D eigenvalue weighted by Crippen LogP contribution is 2.25. The van der Waals surface area contributed by atoms with Gasteiger partial charge >= 0.3 is 0 Å². The SMILES string of the molecule is CNC(=O)c1cn(C)nc1CC1CCN(C2COCC2O)CC1. The van der Waals surface area contributed by atoms with E-state index in [4.69, 9.17) is 4.74 Å². The summed E-state index contributed by atoms with van der Waals surface area (Å²) in [4.78, 5) is 14.3. The molecule has 0 aliphatic carbocycles. The summed E-state index contributed by atoms with van der Waals surface area (Å²) in [6.07, 6.45) is 4.39. The summed E-state index contributed by atoms with van der Waals surface area (Å²) in [5, 5.41) is 17.1. The van der Waals surface area contributed by atoms with Crippen molar-refractivity contribution in [2.45, 2.75) is 31.4 Å². The molecule has 1 aromatic heterocycles. The molecule has 1 amide bonds. The largest absolute Gasteiger partial charge is 0.389 e. The van der Waals surface area contributed by atoms with Gasteiger partial charge in [0.25, 0.3) is 5.91 Å². The molecule has 0 saturated carbocycles. The molecule has 0 spiro atoms. The topological polar surface area (TPSA) is 79.6 Å². The second-order valence-electron chi connectivity index (χ2n) is 6.60. The van der Waals surface area contributed by atoms with Crippen molar-refractivity contribution in [1.29, 1.82) is 0 Å². The van der Waals surface area contributed by atoms with E-state index in [-0.39, 0.29) is 18.1 Å². The van der Waals surface area contributed by atoms with E-state index >= 15 is 0 Å². The lowest BCUT2D eigenvalue weighted by Gasteiger charge is -2.36. The van der Waals surface area contributed by atoms with E-state index in [1.807, 2.05) is 7.05 Å². The van der Waals surface area contributed by atoms with Crippen LogP contribution < -0.4 is 5.32 Å². The molecule has 23 heavy (non-hydrogen) atoms. The van der Waals surface area contributed by atoms with Crippen LogP contribution in [0.3, 0.4) is 0 Å². The zero-order chi connectivity index (χ0) is 16.4. The second-order valence-corrected chi connectivity index (χ2v) is 6.60. The number of carbonyl (C=O) groups is 1. The number of rotatable bonds is 4. The van der Waals surface area contributed by atoms with Gasteiger partial charge in [-0.2, -0.15) is 5.10 Å². The summed E-state index contributed by atoms with van der Waals surface area (Å²) in [5.74, 6) is 0.459. The highest BCUT2D eigenvalue weighted by molar-refractivity contribution is 5.94. The maximum atomic E-state index is 11.9. The quantitative estimate of drug-likeness (QED) is 0.802. The van der Waals surface area contributed by atoms with Gasteiger partial charge in [0.2, 0.25) is 0 Å². The predicted octanol–water partition coefficient (Wildman–Crippen LogP) is -0.206. The molecule has 2 atom stereocenters. The van der Waals surface area contributed by atoms with Gasteiger partial charge in [0, 0.05) is 20.3 Å². The third kappa shape index (κ3) is 3.57. The minimum Gasteiger partial charge on any atom is -0.389 e. The first-order valence-electron chi connectivity index (χ1n) is 8.33. The molecule has 7 heteroatoms. The number of aliphatic hydroxyl groups is 1. The van der Waals surface area contributed by atoms with Crippen LogP contribution in [0.5, 0.6) is 0 Å². The summed E-state index contributed by atoms with van der Waals surface area (Å²) in [5.41, 5.74) is 1.56. The van der Waals surface area contributed by atoms with Gasteiger partial charge < -0.3 is 15.2 Å². The van der Waals surface area contributed by atoms with Crippen molar-refractivity contribution in [2.75, 3.05) is 33.4 Å². The van der Waals surface area contributed by atoms with Gasteiger partial charge in [-0.3, -0.25) is 14.4 Å². The Balaban J connectivity index is 1.58. The molecule has 7 nitrogen and oxygen atoms in total.